The van der Waals surface area contributed by atoms with Gasteiger partial charge in [-0.25, -0.2) is 0 Å². The van der Waals surface area contributed by atoms with Gasteiger partial charge >= 0.3 is 0 Å². The topological polar surface area (TPSA) is 12.0 Å². The third kappa shape index (κ3) is 2.56. The van der Waals surface area contributed by atoms with Gasteiger partial charge in [-0.05, 0) is 47.9 Å². The fourth-order valence-electron chi connectivity index (χ4n) is 3.70. The number of fused-ring (bicyclic) bond motifs is 1. The molecule has 21 heavy (non-hydrogen) atoms. The van der Waals surface area contributed by atoms with Crippen molar-refractivity contribution in [1.29, 1.82) is 0 Å². The fraction of sp³-hybridized carbons (Fsp3) is 0.368. The summed E-state index contributed by atoms with van der Waals surface area (Å²) in [6, 6.07) is 18.2. The molecule has 0 heterocycles. The Kier molecular flexibility index (Phi) is 3.60. The second-order valence-corrected chi connectivity index (χ2v) is 7.25. The number of hydrogen-bond acceptors (Lipinski definition) is 1. The number of nitrogens with one attached hydrogen (secondary N) is 1. The zero-order valence-corrected chi connectivity index (χ0v) is 13.6. The highest BCUT2D eigenvalue weighted by atomic mass is 79.9. The van der Waals surface area contributed by atoms with E-state index in [0.29, 0.717) is 6.04 Å². The van der Waals surface area contributed by atoms with E-state index in [-0.39, 0.29) is 0 Å². The molecule has 108 valence electrons. The number of hydrogen-bond donors (Lipinski definition) is 1. The number of rotatable bonds is 4. The Labute approximate surface area is 134 Å². The van der Waals surface area contributed by atoms with Crippen LogP contribution in [-0.4, -0.2) is 12.6 Å². The van der Waals surface area contributed by atoms with Crippen LogP contribution in [0.3, 0.4) is 0 Å². The molecule has 0 aromatic heterocycles. The molecule has 1 atom stereocenters. The van der Waals surface area contributed by atoms with Crippen molar-refractivity contribution >= 4 is 15.9 Å². The highest BCUT2D eigenvalue weighted by molar-refractivity contribution is 9.10. The molecule has 1 N–H and O–H groups in total. The molecule has 2 aliphatic carbocycles. The molecule has 0 saturated heterocycles. The maximum atomic E-state index is 3.77. The summed E-state index contributed by atoms with van der Waals surface area (Å²) in [5, 5.41) is 3.77. The van der Waals surface area contributed by atoms with Crippen molar-refractivity contribution in [1.82, 2.24) is 5.32 Å². The van der Waals surface area contributed by atoms with Crippen LogP contribution in [0.1, 0.15) is 41.4 Å². The minimum atomic E-state index is 0.704. The molecule has 0 spiro atoms. The van der Waals surface area contributed by atoms with E-state index in [4.69, 9.17) is 0 Å². The van der Waals surface area contributed by atoms with E-state index in [9.17, 15) is 0 Å². The molecule has 2 aromatic rings. The standard InChI is InChI=1S/C19H20BrN/c20-19-8-4-3-7-18(19)14-10-16(11-14)21-12-15-9-13-5-1-2-6-17(13)15/h1-8,14-16,21H,9-12H2. The summed E-state index contributed by atoms with van der Waals surface area (Å²) in [7, 11) is 0. The molecule has 0 amide bonds. The Bertz CT molecular complexity index is 646. The lowest BCUT2D eigenvalue weighted by atomic mass is 9.74. The van der Waals surface area contributed by atoms with E-state index in [1.165, 1.54) is 29.3 Å². The predicted molar refractivity (Wildman–Crippen MR) is 90.8 cm³/mol. The van der Waals surface area contributed by atoms with Gasteiger partial charge in [-0.3, -0.25) is 0 Å². The largest absolute Gasteiger partial charge is 0.313 e. The molecular weight excluding hydrogens is 322 g/mol. The zero-order valence-electron chi connectivity index (χ0n) is 12.1. The first-order valence-electron chi connectivity index (χ1n) is 7.87. The van der Waals surface area contributed by atoms with E-state index < -0.39 is 0 Å². The molecule has 1 fully saturated rings. The average molecular weight is 342 g/mol. The lowest BCUT2D eigenvalue weighted by Gasteiger charge is -2.39. The van der Waals surface area contributed by atoms with Crippen molar-refractivity contribution in [3.05, 3.63) is 69.7 Å². The Balaban J connectivity index is 1.28. The molecule has 1 unspecified atom stereocenters. The van der Waals surface area contributed by atoms with Crippen molar-refractivity contribution in [3.63, 3.8) is 0 Å². The quantitative estimate of drug-likeness (QED) is 0.855. The third-order valence-electron chi connectivity index (χ3n) is 5.10. The van der Waals surface area contributed by atoms with E-state index in [2.05, 4.69) is 69.8 Å². The van der Waals surface area contributed by atoms with Crippen LogP contribution in [0.4, 0.5) is 0 Å². The van der Waals surface area contributed by atoms with Gasteiger partial charge in [0.25, 0.3) is 0 Å². The molecule has 1 nitrogen and oxygen atoms in total. The minimum absolute atomic E-state index is 0.704. The molecular formula is C19H20BrN. The van der Waals surface area contributed by atoms with Crippen molar-refractivity contribution < 1.29 is 0 Å². The molecule has 0 radical (unpaired) electrons. The summed E-state index contributed by atoms with van der Waals surface area (Å²) in [4.78, 5) is 0. The van der Waals surface area contributed by atoms with E-state index in [1.54, 1.807) is 11.1 Å². The van der Waals surface area contributed by atoms with Crippen LogP contribution in [0.25, 0.3) is 0 Å². The van der Waals surface area contributed by atoms with Crippen molar-refractivity contribution in [2.75, 3.05) is 6.54 Å². The Morgan fingerprint density at radius 2 is 1.67 bits per heavy atom. The van der Waals surface area contributed by atoms with Gasteiger partial charge in [-0.15, -0.1) is 0 Å². The third-order valence-corrected chi connectivity index (χ3v) is 5.82. The highest BCUT2D eigenvalue weighted by Gasteiger charge is 2.32. The van der Waals surface area contributed by atoms with Gasteiger partial charge in [0, 0.05) is 23.0 Å². The molecule has 4 rings (SSSR count). The molecule has 2 heteroatoms. The number of benzene rings is 2. The van der Waals surface area contributed by atoms with Crippen LogP contribution >= 0.6 is 15.9 Å². The summed E-state index contributed by atoms with van der Waals surface area (Å²) in [6.07, 6.45) is 3.80. The first-order valence-corrected chi connectivity index (χ1v) is 8.66. The van der Waals surface area contributed by atoms with Crippen molar-refractivity contribution in [2.45, 2.75) is 37.1 Å². The maximum Gasteiger partial charge on any atom is 0.0210 e. The second-order valence-electron chi connectivity index (χ2n) is 6.39. The first-order chi connectivity index (χ1) is 10.3. The van der Waals surface area contributed by atoms with Crippen LogP contribution in [0, 0.1) is 0 Å². The number of halogens is 1. The normalized spacial score (nSPS) is 26.6. The van der Waals surface area contributed by atoms with Crippen LogP contribution < -0.4 is 5.32 Å². The van der Waals surface area contributed by atoms with Crippen LogP contribution in [0.5, 0.6) is 0 Å². The van der Waals surface area contributed by atoms with E-state index in [1.807, 2.05) is 0 Å². The summed E-state index contributed by atoms with van der Waals surface area (Å²) in [5.41, 5.74) is 4.58. The minimum Gasteiger partial charge on any atom is -0.313 e. The highest BCUT2D eigenvalue weighted by Crippen LogP contribution is 2.41. The summed E-state index contributed by atoms with van der Waals surface area (Å²) in [6.45, 7) is 1.14. The lowest BCUT2D eigenvalue weighted by Crippen LogP contribution is -2.43. The summed E-state index contributed by atoms with van der Waals surface area (Å²) in [5.74, 6) is 1.47. The van der Waals surface area contributed by atoms with E-state index in [0.717, 1.165) is 18.4 Å². The second kappa shape index (κ2) is 5.58. The van der Waals surface area contributed by atoms with Crippen LogP contribution in [0.2, 0.25) is 0 Å². The molecule has 0 bridgehead atoms. The summed E-state index contributed by atoms with van der Waals surface area (Å²) < 4.78 is 1.27. The molecule has 2 aliphatic rings. The van der Waals surface area contributed by atoms with Crippen LogP contribution in [0.15, 0.2) is 53.0 Å². The van der Waals surface area contributed by atoms with Crippen molar-refractivity contribution in [3.8, 4) is 0 Å². The van der Waals surface area contributed by atoms with Gasteiger partial charge < -0.3 is 5.32 Å². The van der Waals surface area contributed by atoms with Gasteiger partial charge in [0.1, 0.15) is 0 Å². The summed E-state index contributed by atoms with van der Waals surface area (Å²) >= 11 is 3.67. The first kappa shape index (κ1) is 13.5. The SMILES string of the molecule is Brc1ccccc1C1CC(NCC2Cc3ccccc32)C1. The Morgan fingerprint density at radius 1 is 0.952 bits per heavy atom. The van der Waals surface area contributed by atoms with Crippen molar-refractivity contribution in [2.24, 2.45) is 0 Å². The molecule has 2 aromatic carbocycles. The molecule has 0 aliphatic heterocycles. The van der Waals surface area contributed by atoms with E-state index >= 15 is 0 Å². The average Bonchev–Trinajstić information content (AvgIpc) is 2.43. The fourth-order valence-corrected chi connectivity index (χ4v) is 4.31. The maximum absolute atomic E-state index is 3.77. The lowest BCUT2D eigenvalue weighted by molar-refractivity contribution is 0.282. The van der Waals surface area contributed by atoms with Gasteiger partial charge in [0.2, 0.25) is 0 Å². The molecule has 1 saturated carbocycles. The predicted octanol–water partition coefficient (Wildman–Crippen LogP) is 4.62. The van der Waals surface area contributed by atoms with Crippen LogP contribution in [-0.2, 0) is 6.42 Å². The monoisotopic (exact) mass is 341 g/mol. The Hall–Kier alpha value is -1.12. The van der Waals surface area contributed by atoms with Gasteiger partial charge in [0.15, 0.2) is 0 Å². The van der Waals surface area contributed by atoms with Gasteiger partial charge in [-0.2, -0.15) is 0 Å². The van der Waals surface area contributed by atoms with Gasteiger partial charge in [-0.1, -0.05) is 58.4 Å². The smallest absolute Gasteiger partial charge is 0.0210 e. The zero-order chi connectivity index (χ0) is 14.2. The van der Waals surface area contributed by atoms with Gasteiger partial charge in [0.05, 0.1) is 0 Å². The Morgan fingerprint density at radius 3 is 2.43 bits per heavy atom.